The first-order chi connectivity index (χ1) is 13.0. The molecule has 2 aromatic rings. The average molecular weight is 391 g/mol. The van der Waals surface area contributed by atoms with Gasteiger partial charge in [0.15, 0.2) is 5.82 Å². The molecule has 0 aliphatic heterocycles. The number of hydrogen-bond donors (Lipinski definition) is 2. The standard InChI is InChI=1S/C19H25N3O4S/c1-4-5-8-25-15-6-7-16(13(2)9-15)20-18(23)11-27-12-19(24)21-17-10-14(3)26-22-17/h6-7,9-10H,4-5,8,11-12H2,1-3H3,(H,20,23)(H,21,22,24). The molecule has 2 rings (SSSR count). The van der Waals surface area contributed by atoms with Crippen LogP contribution in [0.15, 0.2) is 28.8 Å². The SMILES string of the molecule is CCCCOc1ccc(NC(=O)CSCC(=O)Nc2cc(C)on2)c(C)c1. The van der Waals surface area contributed by atoms with E-state index in [4.69, 9.17) is 9.26 Å². The van der Waals surface area contributed by atoms with Crippen molar-refractivity contribution in [2.24, 2.45) is 0 Å². The molecule has 0 bridgehead atoms. The van der Waals surface area contributed by atoms with Crippen LogP contribution < -0.4 is 15.4 Å². The summed E-state index contributed by atoms with van der Waals surface area (Å²) >= 11 is 1.23. The zero-order valence-electron chi connectivity index (χ0n) is 15.8. The molecule has 0 aliphatic carbocycles. The topological polar surface area (TPSA) is 93.5 Å². The van der Waals surface area contributed by atoms with E-state index in [0.717, 1.165) is 29.8 Å². The van der Waals surface area contributed by atoms with Crippen molar-refractivity contribution in [2.75, 3.05) is 28.7 Å². The summed E-state index contributed by atoms with van der Waals surface area (Å²) in [5, 5.41) is 9.16. The lowest BCUT2D eigenvalue weighted by Gasteiger charge is -2.11. The summed E-state index contributed by atoms with van der Waals surface area (Å²) < 4.78 is 10.5. The van der Waals surface area contributed by atoms with Gasteiger partial charge >= 0.3 is 0 Å². The van der Waals surface area contributed by atoms with E-state index in [1.165, 1.54) is 11.8 Å². The molecule has 0 aliphatic rings. The van der Waals surface area contributed by atoms with Gasteiger partial charge in [0.1, 0.15) is 11.5 Å². The molecular formula is C19H25N3O4S. The highest BCUT2D eigenvalue weighted by Crippen LogP contribution is 2.22. The number of aryl methyl sites for hydroxylation is 2. The van der Waals surface area contributed by atoms with Gasteiger partial charge in [-0.05, 0) is 44.0 Å². The zero-order chi connectivity index (χ0) is 19.6. The number of rotatable bonds is 10. The number of unbranched alkanes of at least 4 members (excludes halogenated alkanes) is 1. The lowest BCUT2D eigenvalue weighted by molar-refractivity contribution is -0.114. The molecule has 0 saturated carbocycles. The smallest absolute Gasteiger partial charge is 0.235 e. The first-order valence-electron chi connectivity index (χ1n) is 8.82. The molecule has 8 heteroatoms. The molecule has 0 unspecified atom stereocenters. The molecule has 2 N–H and O–H groups in total. The van der Waals surface area contributed by atoms with Gasteiger partial charge < -0.3 is 19.9 Å². The highest BCUT2D eigenvalue weighted by atomic mass is 32.2. The van der Waals surface area contributed by atoms with Crippen molar-refractivity contribution in [2.45, 2.75) is 33.6 Å². The molecule has 0 radical (unpaired) electrons. The first-order valence-corrected chi connectivity index (χ1v) is 9.97. The highest BCUT2D eigenvalue weighted by molar-refractivity contribution is 8.00. The normalized spacial score (nSPS) is 10.5. The van der Waals surface area contributed by atoms with E-state index >= 15 is 0 Å². The molecule has 7 nitrogen and oxygen atoms in total. The van der Waals surface area contributed by atoms with Crippen LogP contribution in [0.5, 0.6) is 5.75 Å². The number of ether oxygens (including phenoxy) is 1. The predicted octanol–water partition coefficient (Wildman–Crippen LogP) is 3.78. The molecule has 0 fully saturated rings. The fourth-order valence-corrected chi connectivity index (χ4v) is 2.84. The van der Waals surface area contributed by atoms with Gasteiger partial charge in [0.25, 0.3) is 0 Å². The minimum absolute atomic E-state index is 0.155. The van der Waals surface area contributed by atoms with Crippen LogP contribution in [0.4, 0.5) is 11.5 Å². The number of nitrogens with one attached hydrogen (secondary N) is 2. The summed E-state index contributed by atoms with van der Waals surface area (Å²) in [5.74, 6) is 1.74. The number of carbonyl (C=O) groups excluding carboxylic acids is 2. The molecule has 27 heavy (non-hydrogen) atoms. The van der Waals surface area contributed by atoms with E-state index in [1.54, 1.807) is 13.0 Å². The lowest BCUT2D eigenvalue weighted by Crippen LogP contribution is -2.19. The van der Waals surface area contributed by atoms with Gasteiger partial charge in [0.05, 0.1) is 18.1 Å². The Kier molecular flexibility index (Phi) is 8.19. The van der Waals surface area contributed by atoms with E-state index in [1.807, 2.05) is 25.1 Å². The Morgan fingerprint density at radius 3 is 2.52 bits per heavy atom. The number of thioether (sulfide) groups is 1. The van der Waals surface area contributed by atoms with Crippen molar-refractivity contribution < 1.29 is 18.8 Å². The van der Waals surface area contributed by atoms with Gasteiger partial charge in [0, 0.05) is 11.8 Å². The molecule has 0 saturated heterocycles. The van der Waals surface area contributed by atoms with Gasteiger partial charge in [0.2, 0.25) is 11.8 Å². The van der Waals surface area contributed by atoms with Crippen LogP contribution in [-0.2, 0) is 9.59 Å². The molecule has 1 aromatic carbocycles. The van der Waals surface area contributed by atoms with Crippen LogP contribution in [0.3, 0.4) is 0 Å². The average Bonchev–Trinajstić information content (AvgIpc) is 3.02. The van der Waals surface area contributed by atoms with Crippen molar-refractivity contribution in [3.05, 3.63) is 35.6 Å². The van der Waals surface area contributed by atoms with E-state index in [0.29, 0.717) is 18.2 Å². The third-order valence-electron chi connectivity index (χ3n) is 3.60. The van der Waals surface area contributed by atoms with Crippen LogP contribution in [0.1, 0.15) is 31.1 Å². The zero-order valence-corrected chi connectivity index (χ0v) is 16.6. The maximum Gasteiger partial charge on any atom is 0.235 e. The Morgan fingerprint density at radius 1 is 1.15 bits per heavy atom. The minimum Gasteiger partial charge on any atom is -0.494 e. The largest absolute Gasteiger partial charge is 0.494 e. The van der Waals surface area contributed by atoms with Crippen molar-refractivity contribution in [1.82, 2.24) is 5.16 Å². The monoisotopic (exact) mass is 391 g/mol. The summed E-state index contributed by atoms with van der Waals surface area (Å²) in [5.41, 5.74) is 1.67. The Morgan fingerprint density at radius 2 is 1.89 bits per heavy atom. The van der Waals surface area contributed by atoms with Gasteiger partial charge in [-0.25, -0.2) is 0 Å². The summed E-state index contributed by atoms with van der Waals surface area (Å²) in [6.45, 7) is 6.47. The molecule has 146 valence electrons. The second-order valence-corrected chi connectivity index (χ2v) is 7.08. The first kappa shape index (κ1) is 20.8. The van der Waals surface area contributed by atoms with Gasteiger partial charge in [-0.2, -0.15) is 0 Å². The summed E-state index contributed by atoms with van der Waals surface area (Å²) in [4.78, 5) is 23.9. The number of nitrogens with zero attached hydrogens (tertiary/aromatic N) is 1. The maximum absolute atomic E-state index is 12.1. The predicted molar refractivity (Wildman–Crippen MR) is 107 cm³/mol. The third kappa shape index (κ3) is 7.34. The lowest BCUT2D eigenvalue weighted by atomic mass is 10.2. The fourth-order valence-electron chi connectivity index (χ4n) is 2.23. The van der Waals surface area contributed by atoms with Gasteiger partial charge in [-0.15, -0.1) is 11.8 Å². The Balaban J connectivity index is 1.72. The summed E-state index contributed by atoms with van der Waals surface area (Å²) in [6, 6.07) is 7.22. The number of hydrogen-bond acceptors (Lipinski definition) is 6. The molecular weight excluding hydrogens is 366 g/mol. The van der Waals surface area contributed by atoms with Crippen LogP contribution in [0.25, 0.3) is 0 Å². The summed E-state index contributed by atoms with van der Waals surface area (Å²) in [7, 11) is 0. The van der Waals surface area contributed by atoms with Crippen LogP contribution >= 0.6 is 11.8 Å². The highest BCUT2D eigenvalue weighted by Gasteiger charge is 2.10. The number of amides is 2. The van der Waals surface area contributed by atoms with Crippen LogP contribution in [0.2, 0.25) is 0 Å². The van der Waals surface area contributed by atoms with Crippen molar-refractivity contribution in [1.29, 1.82) is 0 Å². The molecule has 1 aromatic heterocycles. The molecule has 0 atom stereocenters. The van der Waals surface area contributed by atoms with Crippen molar-refractivity contribution >= 4 is 35.1 Å². The second-order valence-electron chi connectivity index (χ2n) is 6.09. The van der Waals surface area contributed by atoms with E-state index in [-0.39, 0.29) is 23.3 Å². The van der Waals surface area contributed by atoms with E-state index < -0.39 is 0 Å². The number of benzene rings is 1. The van der Waals surface area contributed by atoms with E-state index in [9.17, 15) is 9.59 Å². The number of aromatic nitrogens is 1. The molecule has 1 heterocycles. The number of carbonyl (C=O) groups is 2. The number of anilines is 2. The van der Waals surface area contributed by atoms with Crippen LogP contribution in [0, 0.1) is 13.8 Å². The second kappa shape index (κ2) is 10.6. The van der Waals surface area contributed by atoms with E-state index in [2.05, 4.69) is 22.7 Å². The fraction of sp³-hybridized carbons (Fsp3) is 0.421. The Bertz CT molecular complexity index is 776. The van der Waals surface area contributed by atoms with Crippen LogP contribution in [-0.4, -0.2) is 35.1 Å². The Labute approximate surface area is 163 Å². The quantitative estimate of drug-likeness (QED) is 0.599. The van der Waals surface area contributed by atoms with Gasteiger partial charge in [-0.1, -0.05) is 18.5 Å². The Hall–Kier alpha value is -2.48. The van der Waals surface area contributed by atoms with Crippen molar-refractivity contribution in [3.8, 4) is 5.75 Å². The molecule has 0 spiro atoms. The van der Waals surface area contributed by atoms with Crippen molar-refractivity contribution in [3.63, 3.8) is 0 Å². The summed E-state index contributed by atoms with van der Waals surface area (Å²) in [6.07, 6.45) is 2.10. The third-order valence-corrected chi connectivity index (χ3v) is 4.53. The maximum atomic E-state index is 12.1. The van der Waals surface area contributed by atoms with Gasteiger partial charge in [-0.3, -0.25) is 9.59 Å². The molecule has 2 amide bonds. The minimum atomic E-state index is -0.231.